The van der Waals surface area contributed by atoms with Crippen molar-refractivity contribution in [3.05, 3.63) is 29.3 Å². The van der Waals surface area contributed by atoms with Gasteiger partial charge in [-0.15, -0.1) is 0 Å². The molecule has 1 aromatic carbocycles. The van der Waals surface area contributed by atoms with Crippen molar-refractivity contribution >= 4 is 5.97 Å². The van der Waals surface area contributed by atoms with Gasteiger partial charge in [0.25, 0.3) is 0 Å². The molecule has 0 fully saturated rings. The molecule has 0 spiro atoms. The number of benzene rings is 1. The maximum Gasteiger partial charge on any atom is 0.305 e. The van der Waals surface area contributed by atoms with E-state index in [-0.39, 0.29) is 12.0 Å². The summed E-state index contributed by atoms with van der Waals surface area (Å²) in [6.07, 6.45) is 3.08. The normalized spacial score (nSPS) is 21.0. The molecule has 0 aromatic heterocycles. The molecule has 2 unspecified atom stereocenters. The van der Waals surface area contributed by atoms with Crippen LogP contribution in [-0.4, -0.2) is 26.2 Å². The third-order valence-electron chi connectivity index (χ3n) is 3.85. The zero-order valence-electron chi connectivity index (χ0n) is 11.5. The summed E-state index contributed by atoms with van der Waals surface area (Å²) in [6.45, 7) is 0. The topological polar surface area (TPSA) is 61.5 Å². The molecule has 0 aliphatic heterocycles. The molecule has 0 saturated heterocycles. The van der Waals surface area contributed by atoms with Gasteiger partial charge in [0.15, 0.2) is 0 Å². The number of ether oxygens (including phenoxy) is 2. The fourth-order valence-electron chi connectivity index (χ4n) is 2.80. The highest BCUT2D eigenvalue weighted by atomic mass is 16.5. The average molecular weight is 263 g/mol. The SMILES string of the molecule is COC(=O)CCCC1c2cc(OC)ccc2CC1N. The maximum atomic E-state index is 11.1. The van der Waals surface area contributed by atoms with Crippen LogP contribution in [0.1, 0.15) is 36.3 Å². The molecule has 0 saturated carbocycles. The van der Waals surface area contributed by atoms with Crippen molar-refractivity contribution in [3.8, 4) is 5.75 Å². The number of hydrogen-bond donors (Lipinski definition) is 1. The highest BCUT2D eigenvalue weighted by molar-refractivity contribution is 5.69. The molecular weight excluding hydrogens is 242 g/mol. The monoisotopic (exact) mass is 263 g/mol. The quantitative estimate of drug-likeness (QED) is 0.825. The van der Waals surface area contributed by atoms with Crippen LogP contribution in [0.2, 0.25) is 0 Å². The molecule has 2 N–H and O–H groups in total. The molecular formula is C15H21NO3. The van der Waals surface area contributed by atoms with Crippen LogP contribution in [0.5, 0.6) is 5.75 Å². The summed E-state index contributed by atoms with van der Waals surface area (Å²) in [7, 11) is 3.09. The standard InChI is InChI=1S/C15H21NO3/c1-18-11-7-6-10-8-14(16)12(13(10)9-11)4-3-5-15(17)19-2/h6-7,9,12,14H,3-5,8,16H2,1-2H3. The molecule has 0 amide bonds. The van der Waals surface area contributed by atoms with Gasteiger partial charge in [-0.25, -0.2) is 0 Å². The first-order valence-electron chi connectivity index (χ1n) is 6.65. The van der Waals surface area contributed by atoms with E-state index in [4.69, 9.17) is 10.5 Å². The van der Waals surface area contributed by atoms with E-state index in [1.165, 1.54) is 18.2 Å². The van der Waals surface area contributed by atoms with Gasteiger partial charge >= 0.3 is 5.97 Å². The summed E-state index contributed by atoms with van der Waals surface area (Å²) < 4.78 is 9.93. The molecule has 4 heteroatoms. The molecule has 4 nitrogen and oxygen atoms in total. The molecule has 104 valence electrons. The van der Waals surface area contributed by atoms with Gasteiger partial charge in [0, 0.05) is 12.5 Å². The average Bonchev–Trinajstić information content (AvgIpc) is 2.74. The Hall–Kier alpha value is -1.55. The molecule has 0 bridgehead atoms. The number of esters is 1. The number of rotatable bonds is 5. The highest BCUT2D eigenvalue weighted by Gasteiger charge is 2.29. The van der Waals surface area contributed by atoms with E-state index < -0.39 is 0 Å². The predicted molar refractivity (Wildman–Crippen MR) is 73.3 cm³/mol. The van der Waals surface area contributed by atoms with Crippen LogP contribution in [0.25, 0.3) is 0 Å². The molecule has 0 heterocycles. The fraction of sp³-hybridized carbons (Fsp3) is 0.533. The van der Waals surface area contributed by atoms with E-state index in [0.717, 1.165) is 25.0 Å². The molecule has 1 aliphatic rings. The summed E-state index contributed by atoms with van der Waals surface area (Å²) in [5, 5.41) is 0. The second kappa shape index (κ2) is 6.06. The van der Waals surface area contributed by atoms with E-state index in [1.807, 2.05) is 6.07 Å². The summed E-state index contributed by atoms with van der Waals surface area (Å²) in [5.41, 5.74) is 8.79. The minimum Gasteiger partial charge on any atom is -0.497 e. The number of nitrogens with two attached hydrogens (primary N) is 1. The van der Waals surface area contributed by atoms with Crippen LogP contribution in [0.4, 0.5) is 0 Å². The maximum absolute atomic E-state index is 11.1. The zero-order chi connectivity index (χ0) is 13.8. The van der Waals surface area contributed by atoms with Crippen LogP contribution in [0.3, 0.4) is 0 Å². The molecule has 0 radical (unpaired) electrons. The first-order valence-corrected chi connectivity index (χ1v) is 6.65. The Balaban J connectivity index is 2.04. The van der Waals surface area contributed by atoms with Crippen molar-refractivity contribution in [1.82, 2.24) is 0 Å². The van der Waals surface area contributed by atoms with Crippen LogP contribution in [0.15, 0.2) is 18.2 Å². The van der Waals surface area contributed by atoms with Crippen LogP contribution < -0.4 is 10.5 Å². The Labute approximate surface area is 113 Å². The van der Waals surface area contributed by atoms with E-state index in [9.17, 15) is 4.79 Å². The van der Waals surface area contributed by atoms with Crippen molar-refractivity contribution in [2.45, 2.75) is 37.6 Å². The first-order chi connectivity index (χ1) is 9.15. The first kappa shape index (κ1) is 13.9. The van der Waals surface area contributed by atoms with Gasteiger partial charge in [0.1, 0.15) is 5.75 Å². The van der Waals surface area contributed by atoms with Gasteiger partial charge < -0.3 is 15.2 Å². The second-order valence-electron chi connectivity index (χ2n) is 5.01. The Bertz CT molecular complexity index is 459. The van der Waals surface area contributed by atoms with Crippen molar-refractivity contribution in [3.63, 3.8) is 0 Å². The number of fused-ring (bicyclic) bond motifs is 1. The van der Waals surface area contributed by atoms with Crippen molar-refractivity contribution in [2.75, 3.05) is 14.2 Å². The van der Waals surface area contributed by atoms with E-state index in [1.54, 1.807) is 7.11 Å². The van der Waals surface area contributed by atoms with Gasteiger partial charge in [0.05, 0.1) is 14.2 Å². The Morgan fingerprint density at radius 2 is 2.21 bits per heavy atom. The lowest BCUT2D eigenvalue weighted by molar-refractivity contribution is -0.140. The largest absolute Gasteiger partial charge is 0.497 e. The van der Waals surface area contributed by atoms with Crippen LogP contribution in [0, 0.1) is 0 Å². The van der Waals surface area contributed by atoms with Crippen molar-refractivity contribution in [2.24, 2.45) is 5.73 Å². The van der Waals surface area contributed by atoms with Crippen molar-refractivity contribution < 1.29 is 14.3 Å². The third-order valence-corrected chi connectivity index (χ3v) is 3.85. The fourth-order valence-corrected chi connectivity index (χ4v) is 2.80. The Morgan fingerprint density at radius 1 is 1.42 bits per heavy atom. The van der Waals surface area contributed by atoms with Gasteiger partial charge in [-0.3, -0.25) is 4.79 Å². The molecule has 2 atom stereocenters. The zero-order valence-corrected chi connectivity index (χ0v) is 11.5. The van der Waals surface area contributed by atoms with E-state index in [2.05, 4.69) is 16.9 Å². The summed E-state index contributed by atoms with van der Waals surface area (Å²) in [6, 6.07) is 6.28. The lowest BCUT2D eigenvalue weighted by atomic mass is 9.93. The van der Waals surface area contributed by atoms with Crippen LogP contribution >= 0.6 is 0 Å². The Morgan fingerprint density at radius 3 is 2.89 bits per heavy atom. The smallest absolute Gasteiger partial charge is 0.305 e. The lowest BCUT2D eigenvalue weighted by Gasteiger charge is -2.16. The van der Waals surface area contributed by atoms with Gasteiger partial charge in [-0.2, -0.15) is 0 Å². The number of carbonyl (C=O) groups excluding carboxylic acids is 1. The highest BCUT2D eigenvalue weighted by Crippen LogP contribution is 2.37. The van der Waals surface area contributed by atoms with Gasteiger partial charge in [-0.05, 0) is 48.4 Å². The number of carbonyl (C=O) groups is 1. The van der Waals surface area contributed by atoms with E-state index >= 15 is 0 Å². The molecule has 1 aliphatic carbocycles. The number of hydrogen-bond acceptors (Lipinski definition) is 4. The predicted octanol–water partition coefficient (Wildman–Crippen LogP) is 2.01. The summed E-state index contributed by atoms with van der Waals surface area (Å²) in [5.74, 6) is 1.03. The minimum atomic E-state index is -0.155. The minimum absolute atomic E-state index is 0.139. The summed E-state index contributed by atoms with van der Waals surface area (Å²) in [4.78, 5) is 11.1. The molecule has 1 aromatic rings. The number of methoxy groups -OCH3 is 2. The Kier molecular flexibility index (Phi) is 4.43. The lowest BCUT2D eigenvalue weighted by Crippen LogP contribution is -2.25. The second-order valence-corrected chi connectivity index (χ2v) is 5.01. The van der Waals surface area contributed by atoms with Crippen molar-refractivity contribution in [1.29, 1.82) is 0 Å². The molecule has 2 rings (SSSR count). The van der Waals surface area contributed by atoms with E-state index in [0.29, 0.717) is 12.3 Å². The third kappa shape index (κ3) is 3.07. The summed E-state index contributed by atoms with van der Waals surface area (Å²) >= 11 is 0. The van der Waals surface area contributed by atoms with Gasteiger partial charge in [0.2, 0.25) is 0 Å². The van der Waals surface area contributed by atoms with Gasteiger partial charge in [-0.1, -0.05) is 6.07 Å². The van der Waals surface area contributed by atoms with Crippen LogP contribution in [-0.2, 0) is 16.0 Å². The molecule has 19 heavy (non-hydrogen) atoms.